The lowest BCUT2D eigenvalue weighted by molar-refractivity contribution is 0.299. The van der Waals surface area contributed by atoms with Gasteiger partial charge in [-0.2, -0.15) is 8.42 Å². The minimum Gasteiger partial charge on any atom is -0.301 e. The number of aryl methyl sites for hydroxylation is 1. The van der Waals surface area contributed by atoms with Crippen LogP contribution < -0.4 is 9.44 Å². The Bertz CT molecular complexity index is 483. The molecule has 0 saturated heterocycles. The summed E-state index contributed by atoms with van der Waals surface area (Å²) in [5.74, 6) is 0. The first-order chi connectivity index (χ1) is 8.85. The van der Waals surface area contributed by atoms with Crippen LogP contribution in [0.25, 0.3) is 0 Å². The van der Waals surface area contributed by atoms with Crippen molar-refractivity contribution in [2.75, 3.05) is 27.2 Å². The highest BCUT2D eigenvalue weighted by atomic mass is 32.2. The lowest BCUT2D eigenvalue weighted by atomic mass is 10.0. The summed E-state index contributed by atoms with van der Waals surface area (Å²) >= 11 is 0. The molecule has 1 unspecified atom stereocenters. The van der Waals surface area contributed by atoms with Crippen LogP contribution in [0.5, 0.6) is 0 Å². The first kappa shape index (κ1) is 16.1. The van der Waals surface area contributed by atoms with E-state index in [1.165, 1.54) is 5.56 Å². The van der Waals surface area contributed by atoms with Crippen LogP contribution in [-0.4, -0.2) is 40.5 Å². The molecule has 0 saturated carbocycles. The highest BCUT2D eigenvalue weighted by molar-refractivity contribution is 7.87. The summed E-state index contributed by atoms with van der Waals surface area (Å²) in [5, 5.41) is 0. The summed E-state index contributed by atoms with van der Waals surface area (Å²) < 4.78 is 28.2. The zero-order valence-corrected chi connectivity index (χ0v) is 12.8. The standard InChI is InChI=1S/C13H23N3O2S/c1-5-14-19(17,18)15-10-13(16(3)4)12-8-6-11(2)7-9-12/h6-9,13-15H,5,10H2,1-4H3. The fourth-order valence-corrected chi connectivity index (χ4v) is 2.68. The molecule has 0 aliphatic carbocycles. The van der Waals surface area contributed by atoms with Crippen LogP contribution in [0.3, 0.4) is 0 Å². The van der Waals surface area contributed by atoms with Crippen LogP contribution in [0.2, 0.25) is 0 Å². The Morgan fingerprint density at radius 2 is 1.74 bits per heavy atom. The summed E-state index contributed by atoms with van der Waals surface area (Å²) in [4.78, 5) is 2.00. The van der Waals surface area contributed by atoms with Crippen molar-refractivity contribution in [3.63, 3.8) is 0 Å². The fourth-order valence-electron chi connectivity index (χ4n) is 1.82. The van der Waals surface area contributed by atoms with Gasteiger partial charge in [-0.15, -0.1) is 0 Å². The van der Waals surface area contributed by atoms with Gasteiger partial charge in [-0.3, -0.25) is 0 Å². The maximum absolute atomic E-state index is 11.6. The van der Waals surface area contributed by atoms with Crippen molar-refractivity contribution in [2.45, 2.75) is 19.9 Å². The third-order valence-corrected chi connectivity index (χ3v) is 4.10. The van der Waals surface area contributed by atoms with E-state index in [0.29, 0.717) is 13.1 Å². The van der Waals surface area contributed by atoms with E-state index >= 15 is 0 Å². The number of hydrogen-bond donors (Lipinski definition) is 2. The van der Waals surface area contributed by atoms with Crippen molar-refractivity contribution in [3.05, 3.63) is 35.4 Å². The van der Waals surface area contributed by atoms with Gasteiger partial charge in [0.05, 0.1) is 0 Å². The zero-order chi connectivity index (χ0) is 14.5. The molecule has 0 amide bonds. The minimum absolute atomic E-state index is 0.00836. The third-order valence-electron chi connectivity index (χ3n) is 2.89. The van der Waals surface area contributed by atoms with E-state index in [9.17, 15) is 8.42 Å². The SMILES string of the molecule is CCNS(=O)(=O)NCC(c1ccc(C)cc1)N(C)C. The molecular weight excluding hydrogens is 262 g/mol. The molecule has 0 heterocycles. The molecule has 0 aliphatic rings. The van der Waals surface area contributed by atoms with E-state index in [-0.39, 0.29) is 6.04 Å². The van der Waals surface area contributed by atoms with E-state index in [1.807, 2.05) is 50.2 Å². The van der Waals surface area contributed by atoms with Gasteiger partial charge in [0, 0.05) is 19.1 Å². The second-order valence-electron chi connectivity index (χ2n) is 4.74. The fraction of sp³-hybridized carbons (Fsp3) is 0.538. The van der Waals surface area contributed by atoms with Crippen LogP contribution >= 0.6 is 0 Å². The van der Waals surface area contributed by atoms with E-state index in [0.717, 1.165) is 5.56 Å². The number of hydrogen-bond acceptors (Lipinski definition) is 3. The molecule has 0 fully saturated rings. The van der Waals surface area contributed by atoms with Gasteiger partial charge in [-0.05, 0) is 26.6 Å². The van der Waals surface area contributed by atoms with Crippen LogP contribution in [0.15, 0.2) is 24.3 Å². The summed E-state index contributed by atoms with van der Waals surface area (Å²) in [7, 11) is 0.470. The summed E-state index contributed by atoms with van der Waals surface area (Å²) in [5.41, 5.74) is 2.28. The van der Waals surface area contributed by atoms with E-state index < -0.39 is 10.2 Å². The molecule has 0 aliphatic heterocycles. The van der Waals surface area contributed by atoms with Crippen molar-refractivity contribution in [1.29, 1.82) is 0 Å². The van der Waals surface area contributed by atoms with Gasteiger partial charge in [0.2, 0.25) is 0 Å². The van der Waals surface area contributed by atoms with Crippen molar-refractivity contribution >= 4 is 10.2 Å². The summed E-state index contributed by atoms with van der Waals surface area (Å²) in [6, 6.07) is 8.13. The molecule has 2 N–H and O–H groups in total. The Morgan fingerprint density at radius 3 is 2.21 bits per heavy atom. The van der Waals surface area contributed by atoms with Crippen LogP contribution in [-0.2, 0) is 10.2 Å². The first-order valence-corrected chi connectivity index (χ1v) is 7.81. The van der Waals surface area contributed by atoms with Crippen LogP contribution in [0.4, 0.5) is 0 Å². The normalized spacial score (nSPS) is 13.7. The smallest absolute Gasteiger partial charge is 0.276 e. The molecule has 19 heavy (non-hydrogen) atoms. The summed E-state index contributed by atoms with van der Waals surface area (Å²) in [6.45, 7) is 4.50. The zero-order valence-electron chi connectivity index (χ0n) is 12.0. The van der Waals surface area contributed by atoms with E-state index in [4.69, 9.17) is 0 Å². The van der Waals surface area contributed by atoms with Crippen LogP contribution in [0.1, 0.15) is 24.1 Å². The lowest BCUT2D eigenvalue weighted by Crippen LogP contribution is -2.41. The predicted octanol–water partition coefficient (Wildman–Crippen LogP) is 1.04. The average molecular weight is 285 g/mol. The molecule has 0 spiro atoms. The molecular formula is C13H23N3O2S. The molecule has 6 heteroatoms. The number of likely N-dealkylation sites (N-methyl/N-ethyl adjacent to an activating group) is 1. The van der Waals surface area contributed by atoms with Crippen molar-refractivity contribution < 1.29 is 8.42 Å². The molecule has 0 radical (unpaired) electrons. The van der Waals surface area contributed by atoms with Crippen molar-refractivity contribution in [3.8, 4) is 0 Å². The Hall–Kier alpha value is -0.950. The highest BCUT2D eigenvalue weighted by Gasteiger charge is 2.17. The van der Waals surface area contributed by atoms with Crippen molar-refractivity contribution in [2.24, 2.45) is 0 Å². The van der Waals surface area contributed by atoms with Gasteiger partial charge in [0.1, 0.15) is 0 Å². The average Bonchev–Trinajstić information content (AvgIpc) is 2.31. The van der Waals surface area contributed by atoms with Gasteiger partial charge in [-0.25, -0.2) is 9.44 Å². The Morgan fingerprint density at radius 1 is 1.16 bits per heavy atom. The monoisotopic (exact) mass is 285 g/mol. The van der Waals surface area contributed by atoms with Gasteiger partial charge in [-0.1, -0.05) is 36.8 Å². The maximum atomic E-state index is 11.6. The second kappa shape index (κ2) is 7.00. The Kier molecular flexibility index (Phi) is 5.93. The molecule has 5 nitrogen and oxygen atoms in total. The molecule has 1 atom stereocenters. The van der Waals surface area contributed by atoms with Crippen LogP contribution in [0, 0.1) is 6.92 Å². The van der Waals surface area contributed by atoms with Crippen molar-refractivity contribution in [1.82, 2.24) is 14.3 Å². The van der Waals surface area contributed by atoms with Gasteiger partial charge >= 0.3 is 0 Å². The quantitative estimate of drug-likeness (QED) is 0.787. The molecule has 108 valence electrons. The van der Waals surface area contributed by atoms with E-state index in [2.05, 4.69) is 9.44 Å². The molecule has 0 aromatic heterocycles. The number of benzene rings is 1. The number of nitrogens with one attached hydrogen (secondary N) is 2. The molecule has 0 bridgehead atoms. The maximum Gasteiger partial charge on any atom is 0.276 e. The Balaban J connectivity index is 2.77. The number of nitrogens with zero attached hydrogens (tertiary/aromatic N) is 1. The lowest BCUT2D eigenvalue weighted by Gasteiger charge is -2.25. The van der Waals surface area contributed by atoms with Gasteiger partial charge in [0.25, 0.3) is 10.2 Å². The third kappa shape index (κ3) is 5.28. The van der Waals surface area contributed by atoms with Gasteiger partial charge in [0.15, 0.2) is 0 Å². The Labute approximate surface area is 116 Å². The highest BCUT2D eigenvalue weighted by Crippen LogP contribution is 2.18. The number of rotatable bonds is 7. The summed E-state index contributed by atoms with van der Waals surface area (Å²) in [6.07, 6.45) is 0. The van der Waals surface area contributed by atoms with Gasteiger partial charge < -0.3 is 4.90 Å². The largest absolute Gasteiger partial charge is 0.301 e. The second-order valence-corrected chi connectivity index (χ2v) is 6.32. The van der Waals surface area contributed by atoms with E-state index in [1.54, 1.807) is 6.92 Å². The molecule has 1 aromatic carbocycles. The molecule has 1 aromatic rings. The minimum atomic E-state index is -3.40. The predicted molar refractivity (Wildman–Crippen MR) is 78.2 cm³/mol. The molecule has 1 rings (SSSR count). The first-order valence-electron chi connectivity index (χ1n) is 6.33. The topological polar surface area (TPSA) is 61.4 Å².